The highest BCUT2D eigenvalue weighted by molar-refractivity contribution is 7.80. The second-order valence-corrected chi connectivity index (χ2v) is 7.47. The molecule has 0 fully saturated rings. The summed E-state index contributed by atoms with van der Waals surface area (Å²) >= 11 is 5.50. The number of nitrogens with one attached hydrogen (secondary N) is 4. The SMILES string of the molecule is S=C(Nc1ccc(-c2ccccc2)nn1)Nc1ccccc1Nc1cccc2cn[nH]c12. The number of hydrogen-bond donors (Lipinski definition) is 4. The number of para-hydroxylation sites is 3. The Bertz CT molecular complexity index is 1360. The molecule has 0 spiro atoms. The summed E-state index contributed by atoms with van der Waals surface area (Å²) in [5, 5.41) is 26.9. The van der Waals surface area contributed by atoms with E-state index >= 15 is 0 Å². The van der Waals surface area contributed by atoms with Crippen molar-refractivity contribution >= 4 is 51.1 Å². The molecule has 8 heteroatoms. The maximum Gasteiger partial charge on any atom is 0.176 e. The van der Waals surface area contributed by atoms with Crippen LogP contribution in [0.4, 0.5) is 22.9 Å². The van der Waals surface area contributed by atoms with Crippen molar-refractivity contribution in [2.45, 2.75) is 0 Å². The first kappa shape index (κ1) is 19.7. The normalized spacial score (nSPS) is 10.6. The third-order valence-corrected chi connectivity index (χ3v) is 5.10. The molecule has 7 nitrogen and oxygen atoms in total. The van der Waals surface area contributed by atoms with E-state index in [4.69, 9.17) is 12.2 Å². The molecular weight excluding hydrogens is 418 g/mol. The maximum atomic E-state index is 5.50. The molecule has 156 valence electrons. The number of thiocarbonyl (C=S) groups is 1. The molecule has 32 heavy (non-hydrogen) atoms. The molecule has 2 heterocycles. The van der Waals surface area contributed by atoms with Crippen LogP contribution in [0.25, 0.3) is 22.2 Å². The van der Waals surface area contributed by atoms with Crippen LogP contribution in [0.15, 0.2) is 91.1 Å². The van der Waals surface area contributed by atoms with E-state index in [0.717, 1.165) is 39.2 Å². The second-order valence-electron chi connectivity index (χ2n) is 7.06. The third-order valence-electron chi connectivity index (χ3n) is 4.90. The fourth-order valence-electron chi connectivity index (χ4n) is 3.35. The molecule has 3 aromatic carbocycles. The van der Waals surface area contributed by atoms with Crippen molar-refractivity contribution in [2.24, 2.45) is 0 Å². The van der Waals surface area contributed by atoms with Gasteiger partial charge in [0.2, 0.25) is 0 Å². The van der Waals surface area contributed by atoms with Gasteiger partial charge in [-0.3, -0.25) is 5.10 Å². The Morgan fingerprint density at radius 1 is 0.719 bits per heavy atom. The van der Waals surface area contributed by atoms with Crippen LogP contribution in [-0.4, -0.2) is 25.5 Å². The molecule has 0 bridgehead atoms. The average Bonchev–Trinajstić information content (AvgIpc) is 3.31. The van der Waals surface area contributed by atoms with Gasteiger partial charge in [-0.15, -0.1) is 10.2 Å². The zero-order valence-electron chi connectivity index (χ0n) is 16.9. The molecule has 5 aromatic rings. The van der Waals surface area contributed by atoms with Gasteiger partial charge < -0.3 is 16.0 Å². The molecule has 0 saturated heterocycles. The molecule has 0 atom stereocenters. The molecule has 4 N–H and O–H groups in total. The highest BCUT2D eigenvalue weighted by atomic mass is 32.1. The van der Waals surface area contributed by atoms with Crippen LogP contribution in [0.5, 0.6) is 0 Å². The standard InChI is InChI=1S/C24H19N7S/c32-24(28-22-14-13-18(29-30-22)16-7-2-1-3-8-16)27-20-11-5-4-10-19(20)26-21-12-6-9-17-15-25-31-23(17)21/h1-15,26H,(H,25,31)(H2,27,28,30,32). The van der Waals surface area contributed by atoms with E-state index in [9.17, 15) is 0 Å². The summed E-state index contributed by atoms with van der Waals surface area (Å²) in [6, 6.07) is 27.5. The first-order valence-corrected chi connectivity index (χ1v) is 10.4. The van der Waals surface area contributed by atoms with Crippen LogP contribution in [-0.2, 0) is 0 Å². The molecule has 2 aromatic heterocycles. The summed E-state index contributed by atoms with van der Waals surface area (Å²) in [7, 11) is 0. The number of nitrogens with zero attached hydrogens (tertiary/aromatic N) is 3. The van der Waals surface area contributed by atoms with Crippen LogP contribution >= 0.6 is 12.2 Å². The Labute approximate surface area is 189 Å². The lowest BCUT2D eigenvalue weighted by Crippen LogP contribution is -2.20. The minimum Gasteiger partial charge on any atom is -0.352 e. The summed E-state index contributed by atoms with van der Waals surface area (Å²) in [6.45, 7) is 0. The Balaban J connectivity index is 1.29. The largest absolute Gasteiger partial charge is 0.352 e. The lowest BCUT2D eigenvalue weighted by atomic mass is 10.1. The van der Waals surface area contributed by atoms with Gasteiger partial charge in [0.1, 0.15) is 0 Å². The van der Waals surface area contributed by atoms with Crippen molar-refractivity contribution in [1.82, 2.24) is 20.4 Å². The van der Waals surface area contributed by atoms with Gasteiger partial charge in [0.15, 0.2) is 10.9 Å². The van der Waals surface area contributed by atoms with Crippen molar-refractivity contribution < 1.29 is 0 Å². The number of hydrogen-bond acceptors (Lipinski definition) is 5. The van der Waals surface area contributed by atoms with Gasteiger partial charge in [0, 0.05) is 10.9 Å². The minimum absolute atomic E-state index is 0.417. The van der Waals surface area contributed by atoms with Crippen LogP contribution in [0.2, 0.25) is 0 Å². The molecule has 0 aliphatic carbocycles. The zero-order valence-corrected chi connectivity index (χ0v) is 17.7. The van der Waals surface area contributed by atoms with E-state index in [1.165, 1.54) is 0 Å². The number of rotatable bonds is 5. The summed E-state index contributed by atoms with van der Waals surface area (Å²) in [6.07, 6.45) is 1.80. The van der Waals surface area contributed by atoms with Gasteiger partial charge in [0.05, 0.1) is 34.5 Å². The smallest absolute Gasteiger partial charge is 0.176 e. The molecular formula is C24H19N7S. The topological polar surface area (TPSA) is 90.6 Å². The summed E-state index contributed by atoms with van der Waals surface area (Å²) < 4.78 is 0. The Hall–Kier alpha value is -4.30. The number of benzene rings is 3. The lowest BCUT2D eigenvalue weighted by molar-refractivity contribution is 1.05. The Kier molecular flexibility index (Phi) is 5.42. The monoisotopic (exact) mass is 437 g/mol. The summed E-state index contributed by atoms with van der Waals surface area (Å²) in [4.78, 5) is 0. The zero-order chi connectivity index (χ0) is 21.8. The van der Waals surface area contributed by atoms with E-state index in [2.05, 4.69) is 36.3 Å². The van der Waals surface area contributed by atoms with Gasteiger partial charge in [-0.05, 0) is 42.5 Å². The van der Waals surface area contributed by atoms with Gasteiger partial charge in [-0.1, -0.05) is 54.6 Å². The second kappa shape index (κ2) is 8.83. The predicted molar refractivity (Wildman–Crippen MR) is 133 cm³/mol. The number of anilines is 4. The van der Waals surface area contributed by atoms with E-state index in [0.29, 0.717) is 10.9 Å². The van der Waals surface area contributed by atoms with E-state index in [1.807, 2.05) is 84.9 Å². The minimum atomic E-state index is 0.417. The van der Waals surface area contributed by atoms with Gasteiger partial charge in [-0.25, -0.2) is 0 Å². The Morgan fingerprint density at radius 2 is 1.50 bits per heavy atom. The predicted octanol–water partition coefficient (Wildman–Crippen LogP) is 5.57. The van der Waals surface area contributed by atoms with Crippen LogP contribution in [0.1, 0.15) is 0 Å². The van der Waals surface area contributed by atoms with Crippen LogP contribution in [0.3, 0.4) is 0 Å². The van der Waals surface area contributed by atoms with Crippen molar-refractivity contribution in [2.75, 3.05) is 16.0 Å². The molecule has 0 aliphatic heterocycles. The van der Waals surface area contributed by atoms with Gasteiger partial charge in [0.25, 0.3) is 0 Å². The molecule has 0 saturated carbocycles. The number of H-pyrrole nitrogens is 1. The van der Waals surface area contributed by atoms with Crippen molar-refractivity contribution in [3.8, 4) is 11.3 Å². The van der Waals surface area contributed by atoms with Gasteiger partial charge in [-0.2, -0.15) is 5.10 Å². The molecule has 0 radical (unpaired) electrons. The number of aromatic amines is 1. The molecule has 0 unspecified atom stereocenters. The maximum absolute atomic E-state index is 5.50. The molecule has 0 amide bonds. The van der Waals surface area contributed by atoms with Crippen LogP contribution < -0.4 is 16.0 Å². The first-order chi connectivity index (χ1) is 15.8. The van der Waals surface area contributed by atoms with Gasteiger partial charge >= 0.3 is 0 Å². The van der Waals surface area contributed by atoms with Crippen molar-refractivity contribution in [3.05, 3.63) is 91.1 Å². The van der Waals surface area contributed by atoms with E-state index in [-0.39, 0.29) is 0 Å². The van der Waals surface area contributed by atoms with Crippen LogP contribution in [0, 0.1) is 0 Å². The summed E-state index contributed by atoms with van der Waals surface area (Å²) in [5.74, 6) is 0.565. The van der Waals surface area contributed by atoms with Crippen molar-refractivity contribution in [3.63, 3.8) is 0 Å². The fourth-order valence-corrected chi connectivity index (χ4v) is 3.57. The molecule has 5 rings (SSSR count). The quantitative estimate of drug-likeness (QED) is 0.267. The van der Waals surface area contributed by atoms with E-state index in [1.54, 1.807) is 6.20 Å². The highest BCUT2D eigenvalue weighted by Crippen LogP contribution is 2.29. The van der Waals surface area contributed by atoms with Crippen molar-refractivity contribution in [1.29, 1.82) is 0 Å². The average molecular weight is 438 g/mol. The summed E-state index contributed by atoms with van der Waals surface area (Å²) in [5.41, 5.74) is 5.39. The Morgan fingerprint density at radius 3 is 2.31 bits per heavy atom. The fraction of sp³-hybridized carbons (Fsp3) is 0. The first-order valence-electron chi connectivity index (χ1n) is 10.0. The lowest BCUT2D eigenvalue weighted by Gasteiger charge is -2.15. The molecule has 0 aliphatic rings. The number of aromatic nitrogens is 4. The van der Waals surface area contributed by atoms with E-state index < -0.39 is 0 Å². The number of fused-ring (bicyclic) bond motifs is 1. The highest BCUT2D eigenvalue weighted by Gasteiger charge is 2.08. The third kappa shape index (κ3) is 4.26.